The Morgan fingerprint density at radius 3 is 1.40 bits per heavy atom. The Hall–Kier alpha value is -1.21. The summed E-state index contributed by atoms with van der Waals surface area (Å²) in [7, 11) is 0. The van der Waals surface area contributed by atoms with Gasteiger partial charge in [0.25, 0.3) is 0 Å². The summed E-state index contributed by atoms with van der Waals surface area (Å²) in [5.41, 5.74) is 3.03. The normalized spacial score (nSPS) is 13.5. The highest BCUT2D eigenvalue weighted by atomic mass is 32.2. The standard InChI is InChI=1S/C24H34S/c1-3-21(23-13-7-5-8-14-23)17-11-19-25-20-12-18-22(4-2)24-15-9-6-10-16-24/h5-10,13-16,21-22H,3-4,11-12,17-20H2,1-2H3. The smallest absolute Gasteiger partial charge is 0.00673 e. The van der Waals surface area contributed by atoms with Crippen LogP contribution in [-0.2, 0) is 0 Å². The van der Waals surface area contributed by atoms with Gasteiger partial charge in [-0.05, 0) is 73.0 Å². The molecule has 0 radical (unpaired) electrons. The Kier molecular flexibility index (Phi) is 9.81. The number of hydrogen-bond donors (Lipinski definition) is 0. The summed E-state index contributed by atoms with van der Waals surface area (Å²) in [4.78, 5) is 0. The second kappa shape index (κ2) is 12.2. The van der Waals surface area contributed by atoms with E-state index >= 15 is 0 Å². The molecule has 0 nitrogen and oxygen atoms in total. The summed E-state index contributed by atoms with van der Waals surface area (Å²) >= 11 is 2.15. The monoisotopic (exact) mass is 354 g/mol. The van der Waals surface area contributed by atoms with Gasteiger partial charge in [-0.1, -0.05) is 74.5 Å². The predicted molar refractivity (Wildman–Crippen MR) is 115 cm³/mol. The van der Waals surface area contributed by atoms with Crippen LogP contribution in [0.3, 0.4) is 0 Å². The molecule has 0 aromatic heterocycles. The van der Waals surface area contributed by atoms with E-state index in [-0.39, 0.29) is 0 Å². The molecule has 2 unspecified atom stereocenters. The lowest BCUT2D eigenvalue weighted by Gasteiger charge is -2.16. The average molecular weight is 355 g/mol. The van der Waals surface area contributed by atoms with Crippen LogP contribution in [0.5, 0.6) is 0 Å². The van der Waals surface area contributed by atoms with Crippen LogP contribution >= 0.6 is 11.8 Å². The lowest BCUT2D eigenvalue weighted by molar-refractivity contribution is 0.595. The van der Waals surface area contributed by atoms with E-state index in [1.165, 1.54) is 61.2 Å². The van der Waals surface area contributed by atoms with E-state index in [1.807, 2.05) is 0 Å². The van der Waals surface area contributed by atoms with E-state index in [9.17, 15) is 0 Å². The van der Waals surface area contributed by atoms with Crippen LogP contribution in [0, 0.1) is 0 Å². The van der Waals surface area contributed by atoms with Gasteiger partial charge in [0, 0.05) is 0 Å². The van der Waals surface area contributed by atoms with Crippen molar-refractivity contribution in [1.82, 2.24) is 0 Å². The van der Waals surface area contributed by atoms with Crippen LogP contribution in [0.15, 0.2) is 60.7 Å². The van der Waals surface area contributed by atoms with E-state index in [4.69, 9.17) is 0 Å². The van der Waals surface area contributed by atoms with Crippen molar-refractivity contribution in [1.29, 1.82) is 0 Å². The molecule has 0 fully saturated rings. The molecule has 0 aliphatic heterocycles. The SMILES string of the molecule is CCC(CCCSCCCC(CC)c1ccccc1)c1ccccc1. The predicted octanol–water partition coefficient (Wildman–Crippen LogP) is 7.67. The van der Waals surface area contributed by atoms with Crippen molar-refractivity contribution in [2.24, 2.45) is 0 Å². The van der Waals surface area contributed by atoms with Crippen molar-refractivity contribution < 1.29 is 0 Å². The van der Waals surface area contributed by atoms with Gasteiger partial charge in [-0.3, -0.25) is 0 Å². The first-order valence-electron chi connectivity index (χ1n) is 10.0. The molecule has 25 heavy (non-hydrogen) atoms. The first-order chi connectivity index (χ1) is 12.3. The summed E-state index contributed by atoms with van der Waals surface area (Å²) in [6, 6.07) is 22.1. The Morgan fingerprint density at radius 2 is 1.04 bits per heavy atom. The number of rotatable bonds is 12. The molecule has 2 aromatic carbocycles. The summed E-state index contributed by atoms with van der Waals surface area (Å²) in [6.45, 7) is 4.64. The fraction of sp³-hybridized carbons (Fsp3) is 0.500. The van der Waals surface area contributed by atoms with Crippen molar-refractivity contribution in [3.05, 3.63) is 71.8 Å². The Balaban J connectivity index is 1.58. The van der Waals surface area contributed by atoms with Gasteiger partial charge in [0.15, 0.2) is 0 Å². The fourth-order valence-corrected chi connectivity index (χ4v) is 4.57. The van der Waals surface area contributed by atoms with Crippen molar-refractivity contribution in [3.8, 4) is 0 Å². The zero-order chi connectivity index (χ0) is 17.7. The molecule has 0 aliphatic carbocycles. The topological polar surface area (TPSA) is 0 Å². The zero-order valence-electron chi connectivity index (χ0n) is 16.0. The van der Waals surface area contributed by atoms with Gasteiger partial charge in [0.05, 0.1) is 0 Å². The molecule has 0 saturated heterocycles. The van der Waals surface area contributed by atoms with Crippen molar-refractivity contribution in [3.63, 3.8) is 0 Å². The van der Waals surface area contributed by atoms with Gasteiger partial charge in [-0.25, -0.2) is 0 Å². The maximum atomic E-state index is 2.32. The molecular formula is C24H34S. The van der Waals surface area contributed by atoms with Crippen molar-refractivity contribution in [2.45, 2.75) is 64.2 Å². The maximum Gasteiger partial charge on any atom is -0.00673 e. The van der Waals surface area contributed by atoms with Crippen LogP contribution in [0.25, 0.3) is 0 Å². The van der Waals surface area contributed by atoms with Crippen LogP contribution in [0.1, 0.15) is 75.3 Å². The summed E-state index contributed by atoms with van der Waals surface area (Å²) in [5, 5.41) is 0. The highest BCUT2D eigenvalue weighted by Gasteiger charge is 2.09. The van der Waals surface area contributed by atoms with Gasteiger partial charge in [-0.2, -0.15) is 11.8 Å². The van der Waals surface area contributed by atoms with E-state index in [0.29, 0.717) is 0 Å². The van der Waals surface area contributed by atoms with Crippen molar-refractivity contribution in [2.75, 3.05) is 11.5 Å². The zero-order valence-corrected chi connectivity index (χ0v) is 16.8. The summed E-state index contributed by atoms with van der Waals surface area (Å²) in [6.07, 6.45) is 7.85. The van der Waals surface area contributed by atoms with Crippen molar-refractivity contribution >= 4 is 11.8 Å². The highest BCUT2D eigenvalue weighted by Crippen LogP contribution is 2.27. The third-order valence-electron chi connectivity index (χ3n) is 5.21. The van der Waals surface area contributed by atoms with Gasteiger partial charge in [0.1, 0.15) is 0 Å². The Morgan fingerprint density at radius 1 is 0.640 bits per heavy atom. The second-order valence-corrected chi connectivity index (χ2v) is 8.15. The first kappa shape index (κ1) is 20.1. The number of thioether (sulfide) groups is 1. The highest BCUT2D eigenvalue weighted by molar-refractivity contribution is 7.99. The molecule has 0 amide bonds. The molecule has 0 saturated carbocycles. The van der Waals surface area contributed by atoms with Crippen LogP contribution in [0.4, 0.5) is 0 Å². The minimum Gasteiger partial charge on any atom is -0.162 e. The molecule has 2 aromatic rings. The largest absolute Gasteiger partial charge is 0.162 e. The molecule has 0 N–H and O–H groups in total. The summed E-state index contributed by atoms with van der Waals surface area (Å²) < 4.78 is 0. The van der Waals surface area contributed by atoms with E-state index in [2.05, 4.69) is 86.3 Å². The molecule has 0 aliphatic rings. The average Bonchev–Trinajstić information content (AvgIpc) is 2.68. The molecule has 0 heterocycles. The lowest BCUT2D eigenvalue weighted by Crippen LogP contribution is -1.99. The van der Waals surface area contributed by atoms with Gasteiger partial charge in [0.2, 0.25) is 0 Å². The first-order valence-corrected chi connectivity index (χ1v) is 11.2. The van der Waals surface area contributed by atoms with E-state index in [0.717, 1.165) is 11.8 Å². The van der Waals surface area contributed by atoms with Gasteiger partial charge < -0.3 is 0 Å². The molecule has 2 rings (SSSR count). The Bertz CT molecular complexity index is 497. The lowest BCUT2D eigenvalue weighted by atomic mass is 9.92. The summed E-state index contributed by atoms with van der Waals surface area (Å²) in [5.74, 6) is 4.10. The maximum absolute atomic E-state index is 2.32. The van der Waals surface area contributed by atoms with E-state index < -0.39 is 0 Å². The van der Waals surface area contributed by atoms with Crippen LogP contribution in [0.2, 0.25) is 0 Å². The minimum absolute atomic E-state index is 0.740. The molecule has 2 atom stereocenters. The quantitative estimate of drug-likeness (QED) is 0.352. The molecule has 0 spiro atoms. The van der Waals surface area contributed by atoms with Gasteiger partial charge >= 0.3 is 0 Å². The minimum atomic E-state index is 0.740. The Labute approximate surface area is 159 Å². The second-order valence-electron chi connectivity index (χ2n) is 6.93. The van der Waals surface area contributed by atoms with Crippen LogP contribution in [-0.4, -0.2) is 11.5 Å². The van der Waals surface area contributed by atoms with Crippen LogP contribution < -0.4 is 0 Å². The van der Waals surface area contributed by atoms with E-state index in [1.54, 1.807) is 0 Å². The van der Waals surface area contributed by atoms with Gasteiger partial charge in [-0.15, -0.1) is 0 Å². The fourth-order valence-electron chi connectivity index (χ4n) is 3.63. The number of hydrogen-bond acceptors (Lipinski definition) is 1. The third kappa shape index (κ3) is 7.28. The third-order valence-corrected chi connectivity index (χ3v) is 6.36. The molecule has 0 bridgehead atoms. The molecule has 1 heteroatoms. The number of benzene rings is 2. The molecular weight excluding hydrogens is 320 g/mol. The molecule has 136 valence electrons.